The number of unbranched alkanes of at least 4 members (excludes halogenated alkanes) is 2. The Labute approximate surface area is 106 Å². The highest BCUT2D eigenvalue weighted by Crippen LogP contribution is 2.33. The fraction of sp³-hybridized carbons (Fsp3) is 0.571. The molecular formula is C14H20O2S. The van der Waals surface area contributed by atoms with Crippen LogP contribution in [-0.4, -0.2) is 15.7 Å². The minimum absolute atomic E-state index is 0.0606. The van der Waals surface area contributed by atoms with Crippen molar-refractivity contribution in [3.05, 3.63) is 29.8 Å². The molecule has 2 rings (SSSR count). The summed E-state index contributed by atoms with van der Waals surface area (Å²) in [5.41, 5.74) is 1.14. The average molecular weight is 252 g/mol. The van der Waals surface area contributed by atoms with Crippen LogP contribution >= 0.6 is 0 Å². The summed E-state index contributed by atoms with van der Waals surface area (Å²) in [7, 11) is -0.990. The molecule has 17 heavy (non-hydrogen) atoms. The van der Waals surface area contributed by atoms with Crippen LogP contribution in [0.4, 0.5) is 0 Å². The van der Waals surface area contributed by atoms with Crippen molar-refractivity contribution < 1.29 is 8.95 Å². The van der Waals surface area contributed by atoms with E-state index < -0.39 is 10.8 Å². The molecule has 0 spiro atoms. The van der Waals surface area contributed by atoms with Gasteiger partial charge in [0.25, 0.3) is 0 Å². The maximum Gasteiger partial charge on any atom is 0.163 e. The highest BCUT2D eigenvalue weighted by atomic mass is 32.2. The molecule has 0 amide bonds. The summed E-state index contributed by atoms with van der Waals surface area (Å²) < 4.78 is 17.7. The number of hydrogen-bond donors (Lipinski definition) is 0. The highest BCUT2D eigenvalue weighted by Gasteiger charge is 2.43. The smallest absolute Gasteiger partial charge is 0.163 e. The predicted octanol–water partition coefficient (Wildman–Crippen LogP) is 3.41. The monoisotopic (exact) mass is 252 g/mol. The SMILES string of the molecule is CCCCC[C@@H]1O[C@H]1S(=O)c1ccc(C)cc1. The van der Waals surface area contributed by atoms with Crippen LogP contribution in [0.25, 0.3) is 0 Å². The van der Waals surface area contributed by atoms with Crippen molar-refractivity contribution in [3.63, 3.8) is 0 Å². The summed E-state index contributed by atoms with van der Waals surface area (Å²) in [5.74, 6) is 0. The molecule has 0 bridgehead atoms. The summed E-state index contributed by atoms with van der Waals surface area (Å²) in [6.45, 7) is 4.23. The van der Waals surface area contributed by atoms with E-state index in [0.717, 1.165) is 11.3 Å². The first kappa shape index (κ1) is 12.8. The number of rotatable bonds is 6. The van der Waals surface area contributed by atoms with Crippen LogP contribution in [0.5, 0.6) is 0 Å². The van der Waals surface area contributed by atoms with Crippen molar-refractivity contribution in [1.82, 2.24) is 0 Å². The first-order valence-electron chi connectivity index (χ1n) is 6.35. The zero-order valence-corrected chi connectivity index (χ0v) is 11.3. The zero-order valence-electron chi connectivity index (χ0n) is 10.5. The number of benzene rings is 1. The number of ether oxygens (including phenoxy) is 1. The van der Waals surface area contributed by atoms with E-state index in [-0.39, 0.29) is 11.5 Å². The van der Waals surface area contributed by atoms with Gasteiger partial charge in [0.15, 0.2) is 5.44 Å². The molecule has 1 aliphatic rings. The molecule has 3 heteroatoms. The zero-order chi connectivity index (χ0) is 12.3. The first-order chi connectivity index (χ1) is 8.22. The van der Waals surface area contributed by atoms with Gasteiger partial charge < -0.3 is 4.74 Å². The van der Waals surface area contributed by atoms with E-state index in [1.54, 1.807) is 0 Å². The Kier molecular flexibility index (Phi) is 4.35. The standard InChI is InChI=1S/C14H20O2S/c1-3-4-5-6-13-14(16-13)17(15)12-9-7-11(2)8-10-12/h7-10,13-14H,3-6H2,1-2H3/t13-,14-,17?/m0/s1. The second-order valence-electron chi connectivity index (χ2n) is 4.65. The van der Waals surface area contributed by atoms with Gasteiger partial charge in [-0.1, -0.05) is 43.9 Å². The van der Waals surface area contributed by atoms with Crippen LogP contribution in [0.1, 0.15) is 38.2 Å². The molecule has 1 unspecified atom stereocenters. The Morgan fingerprint density at radius 2 is 1.94 bits per heavy atom. The third-order valence-electron chi connectivity index (χ3n) is 3.09. The third kappa shape index (κ3) is 3.39. The van der Waals surface area contributed by atoms with Gasteiger partial charge in [0, 0.05) is 4.90 Å². The third-order valence-corrected chi connectivity index (χ3v) is 4.67. The Bertz CT molecular complexity index is 386. The minimum Gasteiger partial charge on any atom is -0.355 e. The Hall–Kier alpha value is -0.670. The molecule has 1 saturated heterocycles. The Morgan fingerprint density at radius 1 is 1.24 bits per heavy atom. The van der Waals surface area contributed by atoms with E-state index in [9.17, 15) is 4.21 Å². The largest absolute Gasteiger partial charge is 0.355 e. The van der Waals surface area contributed by atoms with Crippen molar-refractivity contribution in [2.45, 2.75) is 56.0 Å². The van der Waals surface area contributed by atoms with E-state index in [1.165, 1.54) is 24.8 Å². The molecule has 0 aromatic heterocycles. The topological polar surface area (TPSA) is 29.6 Å². The molecule has 1 aromatic rings. The lowest BCUT2D eigenvalue weighted by Crippen LogP contribution is -2.03. The van der Waals surface area contributed by atoms with E-state index in [4.69, 9.17) is 4.74 Å². The highest BCUT2D eigenvalue weighted by molar-refractivity contribution is 7.85. The van der Waals surface area contributed by atoms with Crippen LogP contribution in [0.2, 0.25) is 0 Å². The van der Waals surface area contributed by atoms with Gasteiger partial charge in [0.05, 0.1) is 16.9 Å². The molecule has 1 fully saturated rings. The molecule has 1 aromatic carbocycles. The Morgan fingerprint density at radius 3 is 2.59 bits per heavy atom. The predicted molar refractivity (Wildman–Crippen MR) is 70.4 cm³/mol. The lowest BCUT2D eigenvalue weighted by atomic mass is 10.2. The second-order valence-corrected chi connectivity index (χ2v) is 6.18. The summed E-state index contributed by atoms with van der Waals surface area (Å²) in [5, 5.41) is 0. The van der Waals surface area contributed by atoms with Crippen molar-refractivity contribution in [1.29, 1.82) is 0 Å². The van der Waals surface area contributed by atoms with Crippen molar-refractivity contribution in [3.8, 4) is 0 Å². The van der Waals surface area contributed by atoms with Gasteiger partial charge in [-0.05, 0) is 25.5 Å². The van der Waals surface area contributed by atoms with E-state index in [1.807, 2.05) is 31.2 Å². The molecule has 0 aliphatic carbocycles. The molecule has 1 aliphatic heterocycles. The molecule has 0 radical (unpaired) electrons. The average Bonchev–Trinajstić information content (AvgIpc) is 3.09. The van der Waals surface area contributed by atoms with Crippen LogP contribution in [-0.2, 0) is 15.5 Å². The summed E-state index contributed by atoms with van der Waals surface area (Å²) in [4.78, 5) is 0.888. The lowest BCUT2D eigenvalue weighted by Gasteiger charge is -1.99. The van der Waals surface area contributed by atoms with Gasteiger partial charge in [-0.2, -0.15) is 0 Å². The number of epoxide rings is 1. The normalized spacial score (nSPS) is 24.6. The van der Waals surface area contributed by atoms with Crippen molar-refractivity contribution >= 4 is 10.8 Å². The maximum atomic E-state index is 12.1. The van der Waals surface area contributed by atoms with Gasteiger partial charge >= 0.3 is 0 Å². The van der Waals surface area contributed by atoms with Crippen LogP contribution in [0, 0.1) is 6.92 Å². The summed E-state index contributed by atoms with van der Waals surface area (Å²) >= 11 is 0. The van der Waals surface area contributed by atoms with Gasteiger partial charge in [0.2, 0.25) is 0 Å². The molecule has 0 saturated carbocycles. The van der Waals surface area contributed by atoms with Gasteiger partial charge in [0.1, 0.15) is 0 Å². The fourth-order valence-corrected chi connectivity index (χ4v) is 3.25. The number of hydrogen-bond acceptors (Lipinski definition) is 2. The number of aryl methyl sites for hydroxylation is 1. The van der Waals surface area contributed by atoms with Gasteiger partial charge in [-0.25, -0.2) is 0 Å². The minimum atomic E-state index is -0.990. The van der Waals surface area contributed by atoms with Crippen molar-refractivity contribution in [2.75, 3.05) is 0 Å². The summed E-state index contributed by atoms with van der Waals surface area (Å²) in [6, 6.07) is 7.88. The Balaban J connectivity index is 1.84. The lowest BCUT2D eigenvalue weighted by molar-refractivity contribution is 0.380. The second kappa shape index (κ2) is 5.78. The van der Waals surface area contributed by atoms with Crippen molar-refractivity contribution in [2.24, 2.45) is 0 Å². The first-order valence-corrected chi connectivity index (χ1v) is 7.56. The van der Waals surface area contributed by atoms with E-state index >= 15 is 0 Å². The van der Waals surface area contributed by atoms with Crippen LogP contribution in [0.15, 0.2) is 29.2 Å². The van der Waals surface area contributed by atoms with E-state index in [0.29, 0.717) is 0 Å². The molecule has 0 N–H and O–H groups in total. The molecule has 2 nitrogen and oxygen atoms in total. The fourth-order valence-electron chi connectivity index (χ4n) is 1.92. The molecule has 1 heterocycles. The van der Waals surface area contributed by atoms with E-state index in [2.05, 4.69) is 6.92 Å². The van der Waals surface area contributed by atoms with Gasteiger partial charge in [-0.3, -0.25) is 4.21 Å². The summed E-state index contributed by atoms with van der Waals surface area (Å²) in [6.07, 6.45) is 4.92. The maximum absolute atomic E-state index is 12.1. The van der Waals surface area contributed by atoms with Gasteiger partial charge in [-0.15, -0.1) is 0 Å². The van der Waals surface area contributed by atoms with Crippen LogP contribution in [0.3, 0.4) is 0 Å². The molecule has 3 atom stereocenters. The molecular weight excluding hydrogens is 232 g/mol. The van der Waals surface area contributed by atoms with Crippen LogP contribution < -0.4 is 0 Å². The quantitative estimate of drug-likeness (QED) is 0.573. The molecule has 94 valence electrons.